The van der Waals surface area contributed by atoms with Gasteiger partial charge in [0.2, 0.25) is 0 Å². The van der Waals surface area contributed by atoms with Crippen LogP contribution < -0.4 is 16.0 Å². The third-order valence-electron chi connectivity index (χ3n) is 3.27. The second kappa shape index (κ2) is 6.45. The molecule has 0 aliphatic heterocycles. The molecule has 1 amide bonds. The first-order valence-electron chi connectivity index (χ1n) is 6.83. The Labute approximate surface area is 124 Å². The maximum atomic E-state index is 11.6. The molecule has 112 valence electrons. The van der Waals surface area contributed by atoms with Crippen LogP contribution in [0.15, 0.2) is 34.9 Å². The molecule has 0 aliphatic rings. The van der Waals surface area contributed by atoms with Crippen molar-refractivity contribution in [3.8, 4) is 5.75 Å². The molecule has 5 nitrogen and oxygen atoms in total. The van der Waals surface area contributed by atoms with Gasteiger partial charge in [0.1, 0.15) is 12.4 Å². The molecule has 2 aromatic rings. The number of carbonyl (C=O) groups is 1. The normalized spacial score (nSPS) is 10.7. The largest absolute Gasteiger partial charge is 0.485 e. The highest BCUT2D eigenvalue weighted by Gasteiger charge is 2.15. The number of benzene rings is 1. The molecule has 5 heteroatoms. The Balaban J connectivity index is 2.19. The number of nitrogen functional groups attached to an aromatic ring is 1. The highest BCUT2D eigenvalue weighted by Crippen LogP contribution is 2.28. The van der Waals surface area contributed by atoms with Gasteiger partial charge in [-0.2, -0.15) is 0 Å². The van der Waals surface area contributed by atoms with Crippen molar-refractivity contribution < 1.29 is 13.9 Å². The first kappa shape index (κ1) is 15.1. The van der Waals surface area contributed by atoms with E-state index < -0.39 is 5.91 Å². The summed E-state index contributed by atoms with van der Waals surface area (Å²) < 4.78 is 11.1. The van der Waals surface area contributed by atoms with Crippen molar-refractivity contribution in [3.63, 3.8) is 0 Å². The Kier molecular flexibility index (Phi) is 4.65. The van der Waals surface area contributed by atoms with E-state index in [4.69, 9.17) is 15.0 Å². The smallest absolute Gasteiger partial charge is 0.268 e. The summed E-state index contributed by atoms with van der Waals surface area (Å²) in [5.74, 6) is 6.36. The summed E-state index contributed by atoms with van der Waals surface area (Å²) in [6.45, 7) is 6.41. The van der Waals surface area contributed by atoms with E-state index in [0.29, 0.717) is 17.2 Å². The van der Waals surface area contributed by atoms with Crippen LogP contribution in [0, 0.1) is 6.92 Å². The van der Waals surface area contributed by atoms with Gasteiger partial charge in [-0.15, -0.1) is 0 Å². The van der Waals surface area contributed by atoms with Crippen molar-refractivity contribution >= 4 is 5.91 Å². The molecule has 1 aromatic carbocycles. The second-order valence-electron chi connectivity index (χ2n) is 5.22. The average molecular weight is 288 g/mol. The number of hydrogen-bond acceptors (Lipinski definition) is 4. The van der Waals surface area contributed by atoms with Crippen LogP contribution in [0.5, 0.6) is 5.75 Å². The predicted octanol–water partition coefficient (Wildman–Crippen LogP) is 2.89. The van der Waals surface area contributed by atoms with Gasteiger partial charge in [0.05, 0.1) is 11.8 Å². The number of amides is 1. The summed E-state index contributed by atoms with van der Waals surface area (Å²) in [5, 5.41) is 0. The topological polar surface area (TPSA) is 77.5 Å². The first-order valence-corrected chi connectivity index (χ1v) is 6.83. The molecule has 2 rings (SSSR count). The third kappa shape index (κ3) is 3.44. The van der Waals surface area contributed by atoms with Gasteiger partial charge < -0.3 is 9.15 Å². The molecule has 0 unspecified atom stereocenters. The quantitative estimate of drug-likeness (QED) is 0.504. The van der Waals surface area contributed by atoms with Crippen molar-refractivity contribution in [1.29, 1.82) is 0 Å². The zero-order valence-corrected chi connectivity index (χ0v) is 12.5. The van der Waals surface area contributed by atoms with Gasteiger partial charge in [-0.25, -0.2) is 5.84 Å². The van der Waals surface area contributed by atoms with Crippen LogP contribution in [0.4, 0.5) is 0 Å². The molecule has 1 aromatic heterocycles. The van der Waals surface area contributed by atoms with Crippen LogP contribution in [-0.2, 0) is 6.61 Å². The minimum atomic E-state index is -0.393. The molecule has 0 saturated heterocycles. The summed E-state index contributed by atoms with van der Waals surface area (Å²) in [5.41, 5.74) is 4.72. The molecular formula is C16H20N2O3. The standard InChI is InChI=1S/C16H20N2O3/c1-10(2)12-5-4-11(3)8-14(12)21-9-15-13(6-7-20-15)16(19)18-17/h4-8,10H,9,17H2,1-3H3,(H,18,19). The molecule has 0 aliphatic carbocycles. The van der Waals surface area contributed by atoms with Crippen molar-refractivity contribution in [3.05, 3.63) is 53.0 Å². The lowest BCUT2D eigenvalue weighted by Crippen LogP contribution is -2.30. The fourth-order valence-electron chi connectivity index (χ4n) is 2.12. The van der Waals surface area contributed by atoms with Crippen LogP contribution in [0.2, 0.25) is 0 Å². The van der Waals surface area contributed by atoms with Gasteiger partial charge in [-0.1, -0.05) is 26.0 Å². The van der Waals surface area contributed by atoms with Gasteiger partial charge >= 0.3 is 0 Å². The number of hydrogen-bond donors (Lipinski definition) is 2. The van der Waals surface area contributed by atoms with Crippen LogP contribution in [0.25, 0.3) is 0 Å². The Bertz CT molecular complexity index is 632. The Morgan fingerprint density at radius 3 is 2.81 bits per heavy atom. The van der Waals surface area contributed by atoms with Crippen LogP contribution in [0.1, 0.15) is 47.0 Å². The molecule has 0 bridgehead atoms. The van der Waals surface area contributed by atoms with E-state index in [9.17, 15) is 4.79 Å². The van der Waals surface area contributed by atoms with Crippen molar-refractivity contribution in [2.75, 3.05) is 0 Å². The van der Waals surface area contributed by atoms with E-state index in [2.05, 4.69) is 31.4 Å². The average Bonchev–Trinajstić information content (AvgIpc) is 2.92. The third-order valence-corrected chi connectivity index (χ3v) is 3.27. The molecule has 0 fully saturated rings. The first-order chi connectivity index (χ1) is 10.0. The number of hydrazine groups is 1. The van der Waals surface area contributed by atoms with Crippen LogP contribution >= 0.6 is 0 Å². The van der Waals surface area contributed by atoms with E-state index in [1.54, 1.807) is 6.07 Å². The molecular weight excluding hydrogens is 268 g/mol. The highest BCUT2D eigenvalue weighted by molar-refractivity contribution is 5.94. The van der Waals surface area contributed by atoms with E-state index in [1.165, 1.54) is 6.26 Å². The number of nitrogens with two attached hydrogens (primary N) is 1. The lowest BCUT2D eigenvalue weighted by Gasteiger charge is -2.14. The Hall–Kier alpha value is -2.27. The van der Waals surface area contributed by atoms with Gasteiger partial charge in [-0.05, 0) is 36.1 Å². The number of aryl methyl sites for hydroxylation is 1. The Morgan fingerprint density at radius 2 is 2.14 bits per heavy atom. The van der Waals surface area contributed by atoms with Crippen LogP contribution in [0.3, 0.4) is 0 Å². The van der Waals surface area contributed by atoms with E-state index in [0.717, 1.165) is 16.9 Å². The monoisotopic (exact) mass is 288 g/mol. The summed E-state index contributed by atoms with van der Waals surface area (Å²) in [6.07, 6.45) is 1.45. The van der Waals surface area contributed by atoms with Crippen molar-refractivity contribution in [2.24, 2.45) is 5.84 Å². The SMILES string of the molecule is Cc1ccc(C(C)C)c(OCc2occc2C(=O)NN)c1. The van der Waals surface area contributed by atoms with Crippen molar-refractivity contribution in [1.82, 2.24) is 5.43 Å². The zero-order chi connectivity index (χ0) is 15.4. The van der Waals surface area contributed by atoms with E-state index >= 15 is 0 Å². The predicted molar refractivity (Wildman–Crippen MR) is 80.0 cm³/mol. The van der Waals surface area contributed by atoms with Gasteiger partial charge in [-0.3, -0.25) is 10.2 Å². The maximum Gasteiger partial charge on any atom is 0.268 e. The fraction of sp³-hybridized carbons (Fsp3) is 0.312. The molecule has 0 saturated carbocycles. The number of rotatable bonds is 5. The number of ether oxygens (including phenoxy) is 1. The molecule has 0 spiro atoms. The molecule has 0 atom stereocenters. The van der Waals surface area contributed by atoms with Gasteiger partial charge in [0.15, 0.2) is 5.76 Å². The fourth-order valence-corrected chi connectivity index (χ4v) is 2.12. The molecule has 1 heterocycles. The van der Waals surface area contributed by atoms with Gasteiger partial charge in [0.25, 0.3) is 5.91 Å². The molecule has 21 heavy (non-hydrogen) atoms. The Morgan fingerprint density at radius 1 is 1.38 bits per heavy atom. The second-order valence-corrected chi connectivity index (χ2v) is 5.22. The van der Waals surface area contributed by atoms with Crippen LogP contribution in [-0.4, -0.2) is 5.91 Å². The minimum Gasteiger partial charge on any atom is -0.485 e. The van der Waals surface area contributed by atoms with Gasteiger partial charge in [0, 0.05) is 0 Å². The molecule has 3 N–H and O–H groups in total. The zero-order valence-electron chi connectivity index (χ0n) is 12.5. The lowest BCUT2D eigenvalue weighted by molar-refractivity contribution is 0.0949. The summed E-state index contributed by atoms with van der Waals surface area (Å²) in [4.78, 5) is 11.6. The number of carbonyl (C=O) groups excluding carboxylic acids is 1. The van der Waals surface area contributed by atoms with E-state index in [-0.39, 0.29) is 6.61 Å². The summed E-state index contributed by atoms with van der Waals surface area (Å²) in [7, 11) is 0. The molecule has 0 radical (unpaired) electrons. The minimum absolute atomic E-state index is 0.179. The number of nitrogens with one attached hydrogen (secondary N) is 1. The number of furan rings is 1. The van der Waals surface area contributed by atoms with Crippen molar-refractivity contribution in [2.45, 2.75) is 33.3 Å². The highest BCUT2D eigenvalue weighted by atomic mass is 16.5. The maximum absolute atomic E-state index is 11.6. The van der Waals surface area contributed by atoms with E-state index in [1.807, 2.05) is 13.0 Å². The lowest BCUT2D eigenvalue weighted by atomic mass is 10.0. The summed E-state index contributed by atoms with van der Waals surface area (Å²) >= 11 is 0. The summed E-state index contributed by atoms with van der Waals surface area (Å²) in [6, 6.07) is 7.68.